The number of hydrogen-bond donors (Lipinski definition) is 5. The first-order valence-corrected chi connectivity index (χ1v) is 20.2. The average molecular weight is 822 g/mol. The maximum Gasteiger partial charge on any atom is 0.433 e. The topological polar surface area (TPSA) is 269 Å². The number of anilines is 4. The number of phenols is 1. The van der Waals surface area contributed by atoms with Gasteiger partial charge in [-0.2, -0.15) is 36.9 Å². The summed E-state index contributed by atoms with van der Waals surface area (Å²) in [7, 11) is -13.3. The van der Waals surface area contributed by atoms with E-state index in [2.05, 4.69) is 50.3 Å². The number of nitrogens with zero attached hydrogens (tertiary/aromatic N) is 5. The van der Waals surface area contributed by atoms with E-state index in [9.17, 15) is 34.9 Å². The molecule has 0 saturated carbocycles. The van der Waals surface area contributed by atoms with E-state index in [4.69, 9.17) is 16.2 Å². The predicted octanol–water partition coefficient (Wildman–Crippen LogP) is 6.48. The number of azo groups is 1. The summed E-state index contributed by atoms with van der Waals surface area (Å²) in [6, 6.07) is 17.6. The molecule has 0 aliphatic carbocycles. The number of thioether (sulfide) groups is 1. The number of fused-ring (bicyclic) bond motifs is 1. The van der Waals surface area contributed by atoms with Gasteiger partial charge in [0.05, 0.1) is 16.3 Å². The first kappa shape index (κ1) is 39.1. The van der Waals surface area contributed by atoms with Gasteiger partial charge in [-0.15, -0.1) is 5.11 Å². The Balaban J connectivity index is 1.36. The number of benzene rings is 4. The molecule has 0 aliphatic rings. The van der Waals surface area contributed by atoms with Crippen LogP contribution in [-0.4, -0.2) is 60.2 Å². The molecule has 5 N–H and O–H groups in total. The maximum atomic E-state index is 12.5. The minimum atomic E-state index is -4.95. The van der Waals surface area contributed by atoms with Crippen LogP contribution < -0.4 is 10.6 Å². The summed E-state index contributed by atoms with van der Waals surface area (Å²) in [6.45, 7) is 1.72. The normalized spacial score (nSPS) is 12.0. The Labute approximate surface area is 311 Å². The van der Waals surface area contributed by atoms with Gasteiger partial charge >= 0.3 is 10.4 Å². The molecule has 0 bridgehead atoms. The van der Waals surface area contributed by atoms with Crippen LogP contribution in [0, 0.1) is 11.4 Å². The molecule has 0 fully saturated rings. The Bertz CT molecular complexity index is 2620. The highest BCUT2D eigenvalue weighted by Gasteiger charge is 2.23. The van der Waals surface area contributed by atoms with E-state index in [-0.39, 0.29) is 44.3 Å². The molecule has 0 unspecified atom stereocenters. The number of sulfone groups is 1. The lowest BCUT2D eigenvalue weighted by Crippen LogP contribution is -2.05. The molecule has 23 heteroatoms. The highest BCUT2D eigenvalue weighted by molar-refractivity contribution is 8.04. The molecular formula is C30H24ClN7O11S4. The lowest BCUT2D eigenvalue weighted by Gasteiger charge is -2.12. The van der Waals surface area contributed by atoms with Gasteiger partial charge in [-0.3, -0.25) is 14.0 Å². The van der Waals surface area contributed by atoms with Gasteiger partial charge in [-0.05, 0) is 106 Å². The largest absolute Gasteiger partial charge is 0.505 e. The van der Waals surface area contributed by atoms with Crippen molar-refractivity contribution >= 4 is 99.1 Å². The van der Waals surface area contributed by atoms with Crippen molar-refractivity contribution in [1.29, 1.82) is 0 Å². The summed E-state index contributed by atoms with van der Waals surface area (Å²) in [4.78, 5) is 16.3. The van der Waals surface area contributed by atoms with Gasteiger partial charge in [-0.1, -0.05) is 13.0 Å². The number of phenolic OH excluding ortho intramolecular Hbond substituents is 1. The average Bonchev–Trinajstić information content (AvgIpc) is 3.07. The van der Waals surface area contributed by atoms with Crippen LogP contribution in [0.2, 0.25) is 5.28 Å². The molecule has 276 valence electrons. The van der Waals surface area contributed by atoms with E-state index in [1.54, 1.807) is 31.2 Å². The SMILES string of the molecule is CCCS(=O)(=O)c1cccc(N=Nc2c(S(=O)(=O)O)cc3cc(Nc4nc(Cl)nc(Nc5ccc(SC#COOS(=O)(=O)O)cc5)n4)ccc3c2O)c1. The van der Waals surface area contributed by atoms with Crippen molar-refractivity contribution in [1.82, 2.24) is 15.0 Å². The van der Waals surface area contributed by atoms with Gasteiger partial charge in [0.25, 0.3) is 10.1 Å². The zero-order valence-corrected chi connectivity index (χ0v) is 30.7. The van der Waals surface area contributed by atoms with Crippen LogP contribution >= 0.6 is 23.4 Å². The molecule has 0 amide bonds. The summed E-state index contributed by atoms with van der Waals surface area (Å²) in [5, 5.41) is 27.3. The van der Waals surface area contributed by atoms with E-state index in [1.807, 2.05) is 6.11 Å². The highest BCUT2D eigenvalue weighted by Crippen LogP contribution is 2.42. The van der Waals surface area contributed by atoms with Crippen LogP contribution in [0.25, 0.3) is 10.8 Å². The maximum absolute atomic E-state index is 12.5. The second-order valence-electron chi connectivity index (χ2n) is 10.4. The first-order valence-electron chi connectivity index (χ1n) is 14.6. The summed E-state index contributed by atoms with van der Waals surface area (Å²) >= 11 is 7.10. The number of aromatic hydroxyl groups is 1. The van der Waals surface area contributed by atoms with E-state index < -0.39 is 46.7 Å². The third kappa shape index (κ3) is 10.7. The van der Waals surface area contributed by atoms with Crippen molar-refractivity contribution in [3.63, 3.8) is 0 Å². The van der Waals surface area contributed by atoms with Crippen LogP contribution in [0.1, 0.15) is 13.3 Å². The Morgan fingerprint density at radius 1 is 0.868 bits per heavy atom. The lowest BCUT2D eigenvalue weighted by atomic mass is 10.1. The Kier molecular flexibility index (Phi) is 12.0. The number of aromatic nitrogens is 3. The van der Waals surface area contributed by atoms with Crippen molar-refractivity contribution in [3.05, 3.63) is 78.1 Å². The number of nitrogens with one attached hydrogen (secondary N) is 2. The van der Waals surface area contributed by atoms with Crippen molar-refractivity contribution in [3.8, 4) is 17.1 Å². The minimum absolute atomic E-state index is 0.00435. The van der Waals surface area contributed by atoms with Crippen molar-refractivity contribution in [2.75, 3.05) is 16.4 Å². The fourth-order valence-corrected chi connectivity index (χ4v) is 7.20. The zero-order chi connectivity index (χ0) is 38.4. The molecule has 0 saturated heterocycles. The van der Waals surface area contributed by atoms with Crippen LogP contribution in [0.15, 0.2) is 97.7 Å². The van der Waals surface area contributed by atoms with Crippen molar-refractivity contribution < 1.29 is 48.7 Å². The number of rotatable bonds is 13. The molecule has 1 aromatic heterocycles. The van der Waals surface area contributed by atoms with E-state index in [0.29, 0.717) is 22.7 Å². The summed E-state index contributed by atoms with van der Waals surface area (Å²) in [6.07, 6.45) is 2.33. The standard InChI is InChI=1S/C30H24ClN7O11S4/c1-2-14-51(40,41)23-5-3-4-21(17-23)37-38-26-25(52(42,43)44)16-18-15-20(8-11-24(18)27(26)39)33-30-35-28(31)34-29(36-30)32-19-6-9-22(10-7-19)50-13-12-48-49-53(45,46)47/h3-11,15-17,39H,2,14H2,1H3,(H,42,43,44)(H,45,46,47)(H2,32,33,34,35,36). The molecule has 0 spiro atoms. The van der Waals surface area contributed by atoms with Crippen LogP contribution in [-0.2, 0) is 39.6 Å². The smallest absolute Gasteiger partial charge is 0.433 e. The lowest BCUT2D eigenvalue weighted by molar-refractivity contribution is -0.135. The molecule has 0 atom stereocenters. The summed E-state index contributed by atoms with van der Waals surface area (Å²) < 4.78 is 92.7. The van der Waals surface area contributed by atoms with Crippen LogP contribution in [0.5, 0.6) is 5.75 Å². The fourth-order valence-electron chi connectivity index (χ4n) is 4.44. The Morgan fingerprint density at radius 2 is 1.55 bits per heavy atom. The highest BCUT2D eigenvalue weighted by atomic mass is 35.5. The molecule has 1 heterocycles. The third-order valence-electron chi connectivity index (χ3n) is 6.59. The molecule has 4 aromatic carbocycles. The third-order valence-corrected chi connectivity index (χ3v) is 10.5. The molecular weight excluding hydrogens is 798 g/mol. The quantitative estimate of drug-likeness (QED) is 0.0212. The monoisotopic (exact) mass is 821 g/mol. The second kappa shape index (κ2) is 16.3. The van der Waals surface area contributed by atoms with Gasteiger partial charge in [0, 0.05) is 26.9 Å². The van der Waals surface area contributed by atoms with Gasteiger partial charge in [0.15, 0.2) is 21.7 Å². The second-order valence-corrected chi connectivity index (χ2v) is 16.1. The van der Waals surface area contributed by atoms with Crippen LogP contribution in [0.3, 0.4) is 0 Å². The van der Waals surface area contributed by atoms with Gasteiger partial charge in [0.2, 0.25) is 17.2 Å². The van der Waals surface area contributed by atoms with Gasteiger partial charge in [0.1, 0.15) is 10.6 Å². The molecule has 53 heavy (non-hydrogen) atoms. The number of halogens is 1. The predicted molar refractivity (Wildman–Crippen MR) is 194 cm³/mol. The van der Waals surface area contributed by atoms with Crippen molar-refractivity contribution in [2.24, 2.45) is 10.2 Å². The Morgan fingerprint density at radius 3 is 2.21 bits per heavy atom. The van der Waals surface area contributed by atoms with E-state index in [1.165, 1.54) is 42.5 Å². The van der Waals surface area contributed by atoms with Crippen molar-refractivity contribution in [2.45, 2.75) is 28.0 Å². The summed E-state index contributed by atoms with van der Waals surface area (Å²) in [5.74, 6) is -0.685. The fraction of sp³-hybridized carbons (Fsp3) is 0.100. The Hall–Kier alpha value is -5.12. The van der Waals surface area contributed by atoms with Crippen LogP contribution in [0.4, 0.5) is 34.6 Å². The number of hydrogen-bond acceptors (Lipinski definition) is 17. The molecule has 0 radical (unpaired) electrons. The van der Waals surface area contributed by atoms with Gasteiger partial charge in [-0.25, -0.2) is 8.42 Å². The molecule has 0 aliphatic heterocycles. The first-order chi connectivity index (χ1) is 25.0. The summed E-state index contributed by atoms with van der Waals surface area (Å²) in [5.41, 5.74) is 0.344. The molecule has 5 rings (SSSR count). The van der Waals surface area contributed by atoms with E-state index >= 15 is 0 Å². The molecule has 5 aromatic rings. The zero-order valence-electron chi connectivity index (χ0n) is 26.7. The minimum Gasteiger partial charge on any atom is -0.505 e. The van der Waals surface area contributed by atoms with E-state index in [0.717, 1.165) is 17.8 Å². The van der Waals surface area contributed by atoms with Gasteiger partial charge < -0.3 is 15.7 Å². The molecule has 18 nitrogen and oxygen atoms in total.